The molecule has 2 rings (SSSR count). The highest BCUT2D eigenvalue weighted by molar-refractivity contribution is 5.98. The van der Waals surface area contributed by atoms with Crippen molar-refractivity contribution in [3.05, 3.63) is 24.3 Å². The Labute approximate surface area is 107 Å². The normalized spacial score (nSPS) is 18.1. The van der Waals surface area contributed by atoms with Crippen molar-refractivity contribution in [2.45, 2.75) is 37.7 Å². The summed E-state index contributed by atoms with van der Waals surface area (Å²) in [5, 5.41) is 13.1. The molecule has 4 nitrogen and oxygen atoms in total. The van der Waals surface area contributed by atoms with Gasteiger partial charge in [0.2, 0.25) is 0 Å². The maximum Gasteiger partial charge on any atom is 0.256 e. The lowest BCUT2D eigenvalue weighted by molar-refractivity contribution is -0.137. The zero-order chi connectivity index (χ0) is 13.0. The quantitative estimate of drug-likeness (QED) is 0.864. The van der Waals surface area contributed by atoms with Gasteiger partial charge in [-0.15, -0.1) is 0 Å². The number of aliphatic hydroxyl groups is 1. The molecule has 18 heavy (non-hydrogen) atoms. The number of amides is 1. The summed E-state index contributed by atoms with van der Waals surface area (Å²) in [5.74, 6) is 0.275. The van der Waals surface area contributed by atoms with Gasteiger partial charge in [0.1, 0.15) is 11.4 Å². The molecule has 1 saturated carbocycles. The Morgan fingerprint density at radius 3 is 2.61 bits per heavy atom. The number of carbonyl (C=O) groups is 1. The summed E-state index contributed by atoms with van der Waals surface area (Å²) in [6, 6.07) is 7.20. The van der Waals surface area contributed by atoms with E-state index in [-0.39, 0.29) is 5.91 Å². The third-order valence-corrected chi connectivity index (χ3v) is 3.46. The van der Waals surface area contributed by atoms with E-state index in [1.165, 1.54) is 0 Å². The van der Waals surface area contributed by atoms with Crippen LogP contribution in [-0.2, 0) is 4.79 Å². The molecular weight excluding hydrogens is 230 g/mol. The number of anilines is 1. The minimum absolute atomic E-state index is 0.327. The van der Waals surface area contributed by atoms with Crippen LogP contribution in [0.5, 0.6) is 5.75 Å². The van der Waals surface area contributed by atoms with Gasteiger partial charge in [-0.2, -0.15) is 0 Å². The number of hydrogen-bond donors (Lipinski definition) is 2. The molecule has 98 valence electrons. The second-order valence-corrected chi connectivity index (χ2v) is 4.75. The van der Waals surface area contributed by atoms with Gasteiger partial charge in [0.25, 0.3) is 5.91 Å². The predicted molar refractivity (Wildman–Crippen MR) is 69.7 cm³/mol. The molecule has 1 fully saturated rings. The Kier molecular flexibility index (Phi) is 3.87. The van der Waals surface area contributed by atoms with Crippen molar-refractivity contribution < 1.29 is 14.6 Å². The smallest absolute Gasteiger partial charge is 0.256 e. The lowest BCUT2D eigenvalue weighted by atomic mass is 9.84. The van der Waals surface area contributed by atoms with Crippen LogP contribution < -0.4 is 10.1 Å². The van der Waals surface area contributed by atoms with Crippen molar-refractivity contribution in [3.63, 3.8) is 0 Å². The van der Waals surface area contributed by atoms with Crippen LogP contribution in [-0.4, -0.2) is 23.7 Å². The molecule has 1 aliphatic rings. The molecule has 1 aliphatic carbocycles. The molecule has 1 amide bonds. The first-order valence-corrected chi connectivity index (χ1v) is 6.32. The van der Waals surface area contributed by atoms with E-state index in [0.29, 0.717) is 24.3 Å². The van der Waals surface area contributed by atoms with Crippen LogP contribution >= 0.6 is 0 Å². The molecule has 0 atom stereocenters. The Morgan fingerprint density at radius 2 is 1.94 bits per heavy atom. The summed E-state index contributed by atoms with van der Waals surface area (Å²) < 4.78 is 5.17. The number of methoxy groups -OCH3 is 1. The lowest BCUT2D eigenvalue weighted by Gasteiger charge is -2.30. The fourth-order valence-corrected chi connectivity index (χ4v) is 2.35. The summed E-state index contributed by atoms with van der Waals surface area (Å²) in [6.07, 6.45) is 3.96. The summed E-state index contributed by atoms with van der Waals surface area (Å²) in [7, 11) is 1.56. The van der Waals surface area contributed by atoms with Crippen LogP contribution in [0.1, 0.15) is 32.1 Å². The maximum atomic E-state index is 12.1. The minimum Gasteiger partial charge on any atom is -0.495 e. The monoisotopic (exact) mass is 249 g/mol. The van der Waals surface area contributed by atoms with E-state index in [2.05, 4.69) is 5.32 Å². The van der Waals surface area contributed by atoms with Crippen LogP contribution in [0.4, 0.5) is 5.69 Å². The predicted octanol–water partition coefficient (Wildman–Crippen LogP) is 2.33. The topological polar surface area (TPSA) is 58.6 Å². The largest absolute Gasteiger partial charge is 0.495 e. The Balaban J connectivity index is 2.10. The average Bonchev–Trinajstić information content (AvgIpc) is 2.40. The third-order valence-electron chi connectivity index (χ3n) is 3.46. The van der Waals surface area contributed by atoms with Crippen molar-refractivity contribution in [3.8, 4) is 5.75 Å². The van der Waals surface area contributed by atoms with Gasteiger partial charge in [0, 0.05) is 0 Å². The van der Waals surface area contributed by atoms with Gasteiger partial charge in [0.15, 0.2) is 0 Å². The minimum atomic E-state index is -1.22. The van der Waals surface area contributed by atoms with Crippen LogP contribution in [0, 0.1) is 0 Å². The second kappa shape index (κ2) is 5.40. The van der Waals surface area contributed by atoms with Crippen molar-refractivity contribution in [2.24, 2.45) is 0 Å². The number of hydrogen-bond acceptors (Lipinski definition) is 3. The summed E-state index contributed by atoms with van der Waals surface area (Å²) in [6.45, 7) is 0. The van der Waals surface area contributed by atoms with Crippen molar-refractivity contribution >= 4 is 11.6 Å². The lowest BCUT2D eigenvalue weighted by Crippen LogP contribution is -2.44. The molecule has 0 heterocycles. The van der Waals surface area contributed by atoms with E-state index in [1.807, 2.05) is 12.1 Å². The Morgan fingerprint density at radius 1 is 1.28 bits per heavy atom. The molecule has 0 unspecified atom stereocenters. The molecule has 1 aromatic rings. The molecule has 0 saturated heterocycles. The van der Waals surface area contributed by atoms with Gasteiger partial charge in [-0.25, -0.2) is 0 Å². The van der Waals surface area contributed by atoms with Gasteiger partial charge >= 0.3 is 0 Å². The van der Waals surface area contributed by atoms with Gasteiger partial charge in [0.05, 0.1) is 12.8 Å². The third kappa shape index (κ3) is 2.64. The van der Waals surface area contributed by atoms with E-state index >= 15 is 0 Å². The molecule has 4 heteroatoms. The summed E-state index contributed by atoms with van der Waals surface area (Å²) >= 11 is 0. The zero-order valence-electron chi connectivity index (χ0n) is 10.6. The van der Waals surface area contributed by atoms with E-state index in [9.17, 15) is 9.90 Å². The van der Waals surface area contributed by atoms with Crippen LogP contribution in [0.2, 0.25) is 0 Å². The van der Waals surface area contributed by atoms with Crippen molar-refractivity contribution in [1.29, 1.82) is 0 Å². The highest BCUT2D eigenvalue weighted by atomic mass is 16.5. The fourth-order valence-electron chi connectivity index (χ4n) is 2.35. The van der Waals surface area contributed by atoms with E-state index in [1.54, 1.807) is 19.2 Å². The molecule has 0 aliphatic heterocycles. The first-order chi connectivity index (χ1) is 8.65. The second-order valence-electron chi connectivity index (χ2n) is 4.75. The highest BCUT2D eigenvalue weighted by Crippen LogP contribution is 2.31. The SMILES string of the molecule is COc1ccccc1NC(=O)C1(O)CCCCC1. The highest BCUT2D eigenvalue weighted by Gasteiger charge is 2.37. The molecule has 0 aromatic heterocycles. The number of rotatable bonds is 3. The van der Waals surface area contributed by atoms with Crippen LogP contribution in [0.25, 0.3) is 0 Å². The zero-order valence-corrected chi connectivity index (χ0v) is 10.6. The van der Waals surface area contributed by atoms with Gasteiger partial charge in [-0.05, 0) is 25.0 Å². The van der Waals surface area contributed by atoms with Crippen LogP contribution in [0.3, 0.4) is 0 Å². The van der Waals surface area contributed by atoms with Gasteiger partial charge < -0.3 is 15.2 Å². The number of carbonyl (C=O) groups excluding carboxylic acids is 1. The standard InChI is InChI=1S/C14H19NO3/c1-18-12-8-4-3-7-11(12)15-13(16)14(17)9-5-2-6-10-14/h3-4,7-8,17H,2,5-6,9-10H2,1H3,(H,15,16). The fraction of sp³-hybridized carbons (Fsp3) is 0.500. The Hall–Kier alpha value is -1.55. The van der Waals surface area contributed by atoms with E-state index in [0.717, 1.165) is 19.3 Å². The number of nitrogens with one attached hydrogen (secondary N) is 1. The van der Waals surface area contributed by atoms with E-state index in [4.69, 9.17) is 4.74 Å². The molecule has 2 N–H and O–H groups in total. The first kappa shape index (κ1) is 12.9. The van der Waals surface area contributed by atoms with Gasteiger partial charge in [-0.3, -0.25) is 4.79 Å². The van der Waals surface area contributed by atoms with Crippen molar-refractivity contribution in [2.75, 3.05) is 12.4 Å². The number of para-hydroxylation sites is 2. The van der Waals surface area contributed by atoms with E-state index < -0.39 is 5.60 Å². The molecular formula is C14H19NO3. The summed E-state index contributed by atoms with van der Waals surface area (Å²) in [5.41, 5.74) is -0.622. The number of benzene rings is 1. The Bertz CT molecular complexity index is 425. The van der Waals surface area contributed by atoms with Gasteiger partial charge in [-0.1, -0.05) is 31.4 Å². The molecule has 0 spiro atoms. The average molecular weight is 249 g/mol. The maximum absolute atomic E-state index is 12.1. The number of ether oxygens (including phenoxy) is 1. The van der Waals surface area contributed by atoms with Crippen LogP contribution in [0.15, 0.2) is 24.3 Å². The summed E-state index contributed by atoms with van der Waals surface area (Å²) in [4.78, 5) is 12.1. The molecule has 0 radical (unpaired) electrons. The first-order valence-electron chi connectivity index (χ1n) is 6.32. The van der Waals surface area contributed by atoms with Crippen molar-refractivity contribution in [1.82, 2.24) is 0 Å². The molecule has 1 aromatic carbocycles. The molecule has 0 bridgehead atoms.